The van der Waals surface area contributed by atoms with Crippen LogP contribution in [0.4, 0.5) is 14.3 Å². The lowest BCUT2D eigenvalue weighted by molar-refractivity contribution is 0.0781. The first-order valence-electron chi connectivity index (χ1n) is 8.56. The fourth-order valence-electron chi connectivity index (χ4n) is 2.47. The smallest absolute Gasteiger partial charge is 0.321 e. The summed E-state index contributed by atoms with van der Waals surface area (Å²) in [5, 5.41) is 12.8. The van der Waals surface area contributed by atoms with E-state index in [2.05, 4.69) is 25.8 Å². The number of carbonyl (C=O) groups is 2. The van der Waals surface area contributed by atoms with E-state index < -0.39 is 17.5 Å². The molecule has 9 nitrogen and oxygen atoms in total. The minimum absolute atomic E-state index is 0.00394. The Morgan fingerprint density at radius 1 is 1.33 bits per heavy atom. The number of nitrogens with zero attached hydrogens (tertiary/aromatic N) is 3. The van der Waals surface area contributed by atoms with E-state index in [0.717, 1.165) is 0 Å². The summed E-state index contributed by atoms with van der Waals surface area (Å²) >= 11 is 6.90. The van der Waals surface area contributed by atoms with Crippen molar-refractivity contribution >= 4 is 40.0 Å². The Morgan fingerprint density at radius 3 is 2.90 bits per heavy atom. The Kier molecular flexibility index (Phi) is 6.75. The zero-order valence-corrected chi connectivity index (χ0v) is 17.2. The predicted molar refractivity (Wildman–Crippen MR) is 110 cm³/mol. The molecule has 0 spiro atoms. The first kappa shape index (κ1) is 21.4. The van der Waals surface area contributed by atoms with Gasteiger partial charge in [0.1, 0.15) is 16.5 Å². The highest BCUT2D eigenvalue weighted by atomic mass is 35.5. The lowest BCUT2D eigenvalue weighted by Gasteiger charge is -2.15. The van der Waals surface area contributed by atoms with Crippen molar-refractivity contribution in [3.05, 3.63) is 73.9 Å². The highest BCUT2D eigenvalue weighted by Gasteiger charge is 2.18. The van der Waals surface area contributed by atoms with Crippen LogP contribution in [0.2, 0.25) is 5.15 Å². The van der Waals surface area contributed by atoms with Crippen molar-refractivity contribution in [1.82, 2.24) is 25.4 Å². The summed E-state index contributed by atoms with van der Waals surface area (Å²) in [6, 6.07) is 6.59. The minimum Gasteiger partial charge on any atom is -0.336 e. The number of nitrogens with one attached hydrogen (secondary N) is 3. The van der Waals surface area contributed by atoms with Gasteiger partial charge in [0.2, 0.25) is 0 Å². The molecule has 3 aromatic rings. The Bertz CT molecular complexity index is 1130. The van der Waals surface area contributed by atoms with Gasteiger partial charge in [0.05, 0.1) is 12.2 Å². The number of halogens is 2. The monoisotopic (exact) mass is 450 g/mol. The fourth-order valence-corrected chi connectivity index (χ4v) is 3.32. The topological polar surface area (TPSA) is 120 Å². The van der Waals surface area contributed by atoms with Crippen molar-refractivity contribution in [3.8, 4) is 0 Å². The molecule has 0 aliphatic carbocycles. The number of aromatic nitrogens is 3. The molecule has 0 saturated carbocycles. The highest BCUT2D eigenvalue weighted by molar-refractivity contribution is 7.13. The Balaban J connectivity index is 1.55. The Labute approximate surface area is 178 Å². The van der Waals surface area contributed by atoms with Gasteiger partial charge in [0, 0.05) is 19.0 Å². The molecule has 0 aliphatic heterocycles. The van der Waals surface area contributed by atoms with Crippen LogP contribution in [0.1, 0.15) is 21.6 Å². The van der Waals surface area contributed by atoms with Crippen molar-refractivity contribution in [2.45, 2.75) is 13.1 Å². The molecular weight excluding hydrogens is 435 g/mol. The maximum Gasteiger partial charge on any atom is 0.321 e. The van der Waals surface area contributed by atoms with Crippen molar-refractivity contribution < 1.29 is 14.0 Å². The first-order chi connectivity index (χ1) is 14.3. The van der Waals surface area contributed by atoms with Gasteiger partial charge < -0.3 is 10.2 Å². The van der Waals surface area contributed by atoms with Gasteiger partial charge in [-0.2, -0.15) is 5.10 Å². The molecule has 0 fully saturated rings. The molecular formula is C18H16ClFN6O3S. The quantitative estimate of drug-likeness (QED) is 0.533. The number of benzene rings is 1. The lowest BCUT2D eigenvalue weighted by Crippen LogP contribution is -2.31. The number of carbonyl (C=O) groups excluding carboxylic acids is 2. The molecule has 12 heteroatoms. The standard InChI is InChI=1S/C18H16ClFN6O3S/c1-26(16(28)13-6-14(19)24-25-15(13)27)8-12-9-30-18(22-12)23-17(29)21-7-10-3-2-4-11(20)5-10/h2-6,9H,7-8H2,1H3,(H,25,27)(H2,21,22,23,29). The molecule has 0 radical (unpaired) electrons. The zero-order valence-electron chi connectivity index (χ0n) is 15.6. The third-order valence-electron chi connectivity index (χ3n) is 3.86. The number of anilines is 1. The van der Waals surface area contributed by atoms with E-state index in [1.807, 2.05) is 0 Å². The van der Waals surface area contributed by atoms with Crippen LogP contribution in [-0.4, -0.2) is 39.1 Å². The average Bonchev–Trinajstić information content (AvgIpc) is 3.14. The van der Waals surface area contributed by atoms with Crippen LogP contribution in [0.5, 0.6) is 0 Å². The Morgan fingerprint density at radius 2 is 2.13 bits per heavy atom. The third-order valence-corrected chi connectivity index (χ3v) is 4.86. The molecule has 0 aliphatic rings. The second-order valence-corrected chi connectivity index (χ2v) is 7.42. The maximum atomic E-state index is 13.2. The van der Waals surface area contributed by atoms with Gasteiger partial charge >= 0.3 is 6.03 Å². The molecule has 3 rings (SSSR count). The molecule has 3 N–H and O–H groups in total. The van der Waals surface area contributed by atoms with Crippen molar-refractivity contribution in [2.75, 3.05) is 12.4 Å². The molecule has 0 atom stereocenters. The summed E-state index contributed by atoms with van der Waals surface area (Å²) in [4.78, 5) is 41.7. The summed E-state index contributed by atoms with van der Waals surface area (Å²) in [6.45, 7) is 0.267. The largest absolute Gasteiger partial charge is 0.336 e. The summed E-state index contributed by atoms with van der Waals surface area (Å²) in [5.74, 6) is -0.926. The number of rotatable bonds is 6. The van der Waals surface area contributed by atoms with Gasteiger partial charge in [-0.1, -0.05) is 23.7 Å². The molecule has 30 heavy (non-hydrogen) atoms. The van der Waals surface area contributed by atoms with E-state index in [9.17, 15) is 18.8 Å². The van der Waals surface area contributed by atoms with E-state index in [-0.39, 0.29) is 29.6 Å². The predicted octanol–water partition coefficient (Wildman–Crippen LogP) is 2.61. The SMILES string of the molecule is CN(Cc1csc(NC(=O)NCc2cccc(F)c2)n1)C(=O)c1cc(Cl)n[nH]c1=O. The number of hydrogen-bond donors (Lipinski definition) is 3. The number of aromatic amines is 1. The fraction of sp³-hybridized carbons (Fsp3) is 0.167. The van der Waals surface area contributed by atoms with Crippen molar-refractivity contribution in [2.24, 2.45) is 0 Å². The first-order valence-corrected chi connectivity index (χ1v) is 9.82. The number of amides is 3. The van der Waals surface area contributed by atoms with Gasteiger partial charge in [0.25, 0.3) is 11.5 Å². The zero-order chi connectivity index (χ0) is 21.7. The van der Waals surface area contributed by atoms with Gasteiger partial charge in [-0.15, -0.1) is 11.3 Å². The molecule has 0 bridgehead atoms. The molecule has 2 heterocycles. The van der Waals surface area contributed by atoms with Crippen molar-refractivity contribution in [1.29, 1.82) is 0 Å². The molecule has 0 unspecified atom stereocenters. The van der Waals surface area contributed by atoms with Crippen LogP contribution in [0.15, 0.2) is 40.5 Å². The molecule has 3 amide bonds. The van der Waals surface area contributed by atoms with Crippen LogP contribution >= 0.6 is 22.9 Å². The number of thiazole rings is 1. The van der Waals surface area contributed by atoms with E-state index in [0.29, 0.717) is 16.4 Å². The van der Waals surface area contributed by atoms with Crippen LogP contribution in [0.3, 0.4) is 0 Å². The molecule has 0 saturated heterocycles. The van der Waals surface area contributed by atoms with Crippen LogP contribution in [-0.2, 0) is 13.1 Å². The second-order valence-electron chi connectivity index (χ2n) is 6.18. The molecule has 156 valence electrons. The van der Waals surface area contributed by atoms with Gasteiger partial charge in [-0.3, -0.25) is 14.9 Å². The van der Waals surface area contributed by atoms with E-state index in [1.165, 1.54) is 41.5 Å². The number of hydrogen-bond acceptors (Lipinski definition) is 6. The minimum atomic E-state index is -0.646. The highest BCUT2D eigenvalue weighted by Crippen LogP contribution is 2.17. The van der Waals surface area contributed by atoms with Gasteiger partial charge in [0.15, 0.2) is 5.13 Å². The summed E-state index contributed by atoms with van der Waals surface area (Å²) in [5.41, 5.74) is 0.360. The number of H-pyrrole nitrogens is 1. The van der Waals surface area contributed by atoms with Gasteiger partial charge in [-0.05, 0) is 23.8 Å². The Hall–Kier alpha value is -3.31. The van der Waals surface area contributed by atoms with Crippen molar-refractivity contribution in [3.63, 3.8) is 0 Å². The van der Waals surface area contributed by atoms with Crippen LogP contribution in [0.25, 0.3) is 0 Å². The summed E-state index contributed by atoms with van der Waals surface area (Å²) < 4.78 is 13.2. The number of urea groups is 1. The lowest BCUT2D eigenvalue weighted by atomic mass is 10.2. The normalized spacial score (nSPS) is 10.5. The summed E-state index contributed by atoms with van der Waals surface area (Å²) in [7, 11) is 1.51. The second kappa shape index (κ2) is 9.46. The summed E-state index contributed by atoms with van der Waals surface area (Å²) in [6.07, 6.45) is 0. The van der Waals surface area contributed by atoms with Crippen LogP contribution < -0.4 is 16.2 Å². The van der Waals surface area contributed by atoms with Gasteiger partial charge in [-0.25, -0.2) is 19.3 Å². The molecule has 2 aromatic heterocycles. The van der Waals surface area contributed by atoms with E-state index >= 15 is 0 Å². The average molecular weight is 451 g/mol. The van der Waals surface area contributed by atoms with Crippen LogP contribution in [0, 0.1) is 5.82 Å². The maximum absolute atomic E-state index is 13.2. The van der Waals surface area contributed by atoms with E-state index in [1.54, 1.807) is 17.5 Å². The third kappa shape index (κ3) is 5.61. The molecule has 1 aromatic carbocycles. The van der Waals surface area contributed by atoms with E-state index in [4.69, 9.17) is 11.6 Å².